The van der Waals surface area contributed by atoms with Crippen LogP contribution < -0.4 is 10.6 Å². The number of urea groups is 1. The van der Waals surface area contributed by atoms with Gasteiger partial charge < -0.3 is 15.7 Å². The summed E-state index contributed by atoms with van der Waals surface area (Å²) in [6.45, 7) is 4.62. The number of nitrogens with one attached hydrogen (secondary N) is 2. The molecule has 1 aromatic rings. The van der Waals surface area contributed by atoms with Gasteiger partial charge in [-0.1, -0.05) is 13.8 Å². The van der Waals surface area contributed by atoms with E-state index >= 15 is 0 Å². The molecule has 6 heteroatoms. The molecule has 21 heavy (non-hydrogen) atoms. The van der Waals surface area contributed by atoms with Crippen molar-refractivity contribution < 1.29 is 14.7 Å². The van der Waals surface area contributed by atoms with Gasteiger partial charge in [0, 0.05) is 12.2 Å². The van der Waals surface area contributed by atoms with Crippen LogP contribution in [0.5, 0.6) is 0 Å². The normalized spacial score (nSPS) is 20.0. The summed E-state index contributed by atoms with van der Waals surface area (Å²) in [6, 6.07) is 2.85. The lowest BCUT2D eigenvalue weighted by Gasteiger charge is -2.18. The Bertz CT molecular complexity index is 543. The molecule has 1 fully saturated rings. The van der Waals surface area contributed by atoms with E-state index in [2.05, 4.69) is 29.5 Å². The number of carbonyl (C=O) groups excluding carboxylic acids is 1. The summed E-state index contributed by atoms with van der Waals surface area (Å²) in [5, 5.41) is 14.6. The molecule has 0 spiro atoms. The maximum absolute atomic E-state index is 11.8. The van der Waals surface area contributed by atoms with Gasteiger partial charge in [0.1, 0.15) is 0 Å². The first-order valence-electron chi connectivity index (χ1n) is 7.08. The average molecular weight is 291 g/mol. The second-order valence-corrected chi connectivity index (χ2v) is 6.27. The minimum absolute atomic E-state index is 0.166. The van der Waals surface area contributed by atoms with Gasteiger partial charge in [0.05, 0.1) is 17.8 Å². The number of aromatic carboxylic acids is 1. The van der Waals surface area contributed by atoms with Crippen LogP contribution >= 0.6 is 0 Å². The van der Waals surface area contributed by atoms with Crippen LogP contribution in [0.15, 0.2) is 18.3 Å². The van der Waals surface area contributed by atoms with Gasteiger partial charge in [-0.25, -0.2) is 9.59 Å². The van der Waals surface area contributed by atoms with E-state index < -0.39 is 5.97 Å². The molecular formula is C15H21N3O3. The van der Waals surface area contributed by atoms with Crippen molar-refractivity contribution in [1.82, 2.24) is 15.6 Å². The van der Waals surface area contributed by atoms with Crippen LogP contribution in [0, 0.1) is 5.41 Å². The van der Waals surface area contributed by atoms with Crippen molar-refractivity contribution in [3.63, 3.8) is 0 Å². The van der Waals surface area contributed by atoms with Gasteiger partial charge in [-0.3, -0.25) is 4.98 Å². The second kappa shape index (κ2) is 6.11. The molecule has 1 saturated carbocycles. The van der Waals surface area contributed by atoms with Crippen LogP contribution in [0.25, 0.3) is 0 Å². The Labute approximate surface area is 124 Å². The highest BCUT2D eigenvalue weighted by Gasteiger charge is 2.31. The smallest absolute Gasteiger partial charge is 0.335 e. The van der Waals surface area contributed by atoms with Crippen molar-refractivity contribution in [2.24, 2.45) is 5.41 Å². The third kappa shape index (κ3) is 4.44. The highest BCUT2D eigenvalue weighted by atomic mass is 16.4. The Balaban J connectivity index is 1.82. The van der Waals surface area contributed by atoms with Crippen molar-refractivity contribution in [3.8, 4) is 0 Å². The summed E-state index contributed by atoms with van der Waals surface area (Å²) in [5.74, 6) is -1.00. The largest absolute Gasteiger partial charge is 0.478 e. The van der Waals surface area contributed by atoms with Gasteiger partial charge in [-0.05, 0) is 36.8 Å². The summed E-state index contributed by atoms with van der Waals surface area (Å²) in [7, 11) is 0. The first-order valence-corrected chi connectivity index (χ1v) is 7.08. The Morgan fingerprint density at radius 1 is 1.48 bits per heavy atom. The molecule has 1 atom stereocenters. The van der Waals surface area contributed by atoms with Crippen LogP contribution in [0.4, 0.5) is 4.79 Å². The van der Waals surface area contributed by atoms with Crippen LogP contribution in [-0.2, 0) is 6.54 Å². The van der Waals surface area contributed by atoms with E-state index in [1.807, 2.05) is 0 Å². The van der Waals surface area contributed by atoms with Crippen molar-refractivity contribution in [3.05, 3.63) is 29.6 Å². The number of rotatable bonds is 4. The van der Waals surface area contributed by atoms with E-state index in [1.165, 1.54) is 18.3 Å². The highest BCUT2D eigenvalue weighted by Crippen LogP contribution is 2.36. The van der Waals surface area contributed by atoms with Gasteiger partial charge in [-0.2, -0.15) is 0 Å². The molecule has 0 saturated heterocycles. The van der Waals surface area contributed by atoms with Gasteiger partial charge in [0.15, 0.2) is 0 Å². The number of aromatic nitrogens is 1. The average Bonchev–Trinajstić information content (AvgIpc) is 2.76. The molecule has 1 unspecified atom stereocenters. The Hall–Kier alpha value is -2.11. The molecule has 2 rings (SSSR count). The monoisotopic (exact) mass is 291 g/mol. The predicted molar refractivity (Wildman–Crippen MR) is 78.0 cm³/mol. The third-order valence-electron chi connectivity index (χ3n) is 3.80. The topological polar surface area (TPSA) is 91.3 Å². The maximum atomic E-state index is 11.8. The zero-order valence-corrected chi connectivity index (χ0v) is 12.3. The minimum Gasteiger partial charge on any atom is -0.478 e. The molecule has 0 aromatic carbocycles. The minimum atomic E-state index is -1.00. The summed E-state index contributed by atoms with van der Waals surface area (Å²) in [6.07, 6.45) is 4.51. The molecule has 6 nitrogen and oxygen atoms in total. The number of carboxylic acid groups (broad SMARTS) is 1. The van der Waals surface area contributed by atoms with Gasteiger partial charge in [0.2, 0.25) is 0 Å². The van der Waals surface area contributed by atoms with E-state index in [9.17, 15) is 9.59 Å². The van der Waals surface area contributed by atoms with Gasteiger partial charge in [0.25, 0.3) is 0 Å². The summed E-state index contributed by atoms with van der Waals surface area (Å²) in [5.41, 5.74) is 0.978. The highest BCUT2D eigenvalue weighted by molar-refractivity contribution is 5.87. The fourth-order valence-electron chi connectivity index (χ4n) is 2.67. The number of amides is 2. The number of hydrogen-bond donors (Lipinski definition) is 3. The molecule has 0 aliphatic heterocycles. The molecule has 0 radical (unpaired) electrons. The molecular weight excluding hydrogens is 270 g/mol. The first kappa shape index (κ1) is 15.3. The Morgan fingerprint density at radius 2 is 2.24 bits per heavy atom. The van der Waals surface area contributed by atoms with E-state index in [4.69, 9.17) is 5.11 Å². The Kier molecular flexibility index (Phi) is 4.45. The third-order valence-corrected chi connectivity index (χ3v) is 3.80. The molecule has 1 heterocycles. The fraction of sp³-hybridized carbons (Fsp3) is 0.533. The molecule has 1 aliphatic rings. The Morgan fingerprint density at radius 3 is 2.86 bits per heavy atom. The van der Waals surface area contributed by atoms with Crippen molar-refractivity contribution >= 4 is 12.0 Å². The SMILES string of the molecule is CC1(C)CCC(NC(=O)NCc2cc(C(=O)O)ccn2)C1. The fourth-order valence-corrected chi connectivity index (χ4v) is 2.67. The van der Waals surface area contributed by atoms with E-state index in [0.29, 0.717) is 5.69 Å². The quantitative estimate of drug-likeness (QED) is 0.792. The lowest BCUT2D eigenvalue weighted by Crippen LogP contribution is -2.41. The lowest BCUT2D eigenvalue weighted by molar-refractivity contribution is 0.0696. The zero-order chi connectivity index (χ0) is 15.5. The van der Waals surface area contributed by atoms with E-state index in [0.717, 1.165) is 19.3 Å². The van der Waals surface area contributed by atoms with Gasteiger partial charge >= 0.3 is 12.0 Å². The number of pyridine rings is 1. The lowest BCUT2D eigenvalue weighted by atomic mass is 9.92. The molecule has 1 aliphatic carbocycles. The molecule has 3 N–H and O–H groups in total. The van der Waals surface area contributed by atoms with Crippen LogP contribution in [0.2, 0.25) is 0 Å². The number of carboxylic acids is 1. The second-order valence-electron chi connectivity index (χ2n) is 6.27. The summed E-state index contributed by atoms with van der Waals surface area (Å²) in [4.78, 5) is 26.7. The van der Waals surface area contributed by atoms with Crippen molar-refractivity contribution in [1.29, 1.82) is 0 Å². The van der Waals surface area contributed by atoms with E-state index in [1.54, 1.807) is 0 Å². The number of nitrogens with zero attached hydrogens (tertiary/aromatic N) is 1. The number of carbonyl (C=O) groups is 2. The van der Waals surface area contributed by atoms with E-state index in [-0.39, 0.29) is 29.6 Å². The molecule has 2 amide bonds. The van der Waals surface area contributed by atoms with Gasteiger partial charge in [-0.15, -0.1) is 0 Å². The van der Waals surface area contributed by atoms with Crippen LogP contribution in [0.3, 0.4) is 0 Å². The zero-order valence-electron chi connectivity index (χ0n) is 12.3. The molecule has 1 aromatic heterocycles. The number of hydrogen-bond acceptors (Lipinski definition) is 3. The molecule has 0 bridgehead atoms. The van der Waals surface area contributed by atoms with Crippen LogP contribution in [0.1, 0.15) is 49.2 Å². The first-order chi connectivity index (χ1) is 9.85. The van der Waals surface area contributed by atoms with Crippen LogP contribution in [-0.4, -0.2) is 28.1 Å². The van der Waals surface area contributed by atoms with Crippen molar-refractivity contribution in [2.45, 2.75) is 45.7 Å². The standard InChI is InChI=1S/C15H21N3O3/c1-15(2)5-3-11(8-15)18-14(21)17-9-12-7-10(13(19)20)4-6-16-12/h4,6-7,11H,3,5,8-9H2,1-2H3,(H,19,20)(H2,17,18,21). The summed E-state index contributed by atoms with van der Waals surface area (Å²) >= 11 is 0. The predicted octanol–water partition coefficient (Wildman–Crippen LogP) is 2.16. The molecule has 114 valence electrons. The maximum Gasteiger partial charge on any atom is 0.335 e. The summed E-state index contributed by atoms with van der Waals surface area (Å²) < 4.78 is 0. The van der Waals surface area contributed by atoms with Crippen molar-refractivity contribution in [2.75, 3.05) is 0 Å².